The standard InChI is InChI=1S/C11H10ClN/c1-7-5-6-13-9-4-3-8(2)11(12)10(7)9/h3-6H,1-2H3. The summed E-state index contributed by atoms with van der Waals surface area (Å²) in [6.07, 6.45) is 1.81. The number of pyridine rings is 1. The number of aryl methyl sites for hydroxylation is 2. The predicted octanol–water partition coefficient (Wildman–Crippen LogP) is 3.51. The number of rotatable bonds is 0. The van der Waals surface area contributed by atoms with Crippen molar-refractivity contribution in [2.24, 2.45) is 0 Å². The third kappa shape index (κ3) is 1.29. The number of hydrogen-bond donors (Lipinski definition) is 0. The number of benzene rings is 1. The monoisotopic (exact) mass is 191 g/mol. The van der Waals surface area contributed by atoms with Crippen LogP contribution in [0.25, 0.3) is 10.9 Å². The summed E-state index contributed by atoms with van der Waals surface area (Å²) in [6, 6.07) is 5.98. The van der Waals surface area contributed by atoms with Gasteiger partial charge in [-0.2, -0.15) is 0 Å². The van der Waals surface area contributed by atoms with E-state index in [0.29, 0.717) is 0 Å². The largest absolute Gasteiger partial charge is 0.256 e. The first-order valence-corrected chi connectivity index (χ1v) is 4.58. The summed E-state index contributed by atoms with van der Waals surface area (Å²) in [5, 5.41) is 1.90. The van der Waals surface area contributed by atoms with Crippen LogP contribution in [0.3, 0.4) is 0 Å². The Hall–Kier alpha value is -1.08. The summed E-state index contributed by atoms with van der Waals surface area (Å²) in [4.78, 5) is 4.26. The van der Waals surface area contributed by atoms with Gasteiger partial charge in [0.25, 0.3) is 0 Å². The maximum absolute atomic E-state index is 6.19. The molecule has 1 nitrogen and oxygen atoms in total. The molecule has 0 saturated carbocycles. The van der Waals surface area contributed by atoms with Crippen LogP contribution in [0.15, 0.2) is 24.4 Å². The van der Waals surface area contributed by atoms with E-state index in [0.717, 1.165) is 21.5 Å². The van der Waals surface area contributed by atoms with Crippen molar-refractivity contribution in [3.05, 3.63) is 40.5 Å². The van der Waals surface area contributed by atoms with E-state index in [4.69, 9.17) is 11.6 Å². The van der Waals surface area contributed by atoms with Crippen LogP contribution in [-0.2, 0) is 0 Å². The lowest BCUT2D eigenvalue weighted by Gasteiger charge is -2.05. The van der Waals surface area contributed by atoms with Gasteiger partial charge < -0.3 is 0 Å². The van der Waals surface area contributed by atoms with E-state index < -0.39 is 0 Å². The van der Waals surface area contributed by atoms with E-state index in [1.54, 1.807) is 0 Å². The van der Waals surface area contributed by atoms with E-state index >= 15 is 0 Å². The first-order valence-electron chi connectivity index (χ1n) is 4.20. The molecule has 0 bridgehead atoms. The SMILES string of the molecule is Cc1ccc2nccc(C)c2c1Cl. The normalized spacial score (nSPS) is 10.7. The molecule has 0 N–H and O–H groups in total. The molecule has 0 radical (unpaired) electrons. The fraction of sp³-hybridized carbons (Fsp3) is 0.182. The Labute approximate surface area is 82.4 Å². The van der Waals surface area contributed by atoms with Crippen LogP contribution in [0.4, 0.5) is 0 Å². The first-order chi connectivity index (χ1) is 6.20. The third-order valence-electron chi connectivity index (χ3n) is 2.25. The van der Waals surface area contributed by atoms with Crippen LogP contribution >= 0.6 is 11.6 Å². The number of aromatic nitrogens is 1. The second kappa shape index (κ2) is 3.00. The van der Waals surface area contributed by atoms with Gasteiger partial charge in [-0.25, -0.2) is 0 Å². The smallest absolute Gasteiger partial charge is 0.0719 e. The highest BCUT2D eigenvalue weighted by Gasteiger charge is 2.04. The van der Waals surface area contributed by atoms with Crippen molar-refractivity contribution in [3.63, 3.8) is 0 Å². The highest BCUT2D eigenvalue weighted by atomic mass is 35.5. The lowest BCUT2D eigenvalue weighted by Crippen LogP contribution is -1.85. The molecule has 2 rings (SSSR count). The maximum atomic E-state index is 6.19. The quantitative estimate of drug-likeness (QED) is 0.621. The summed E-state index contributed by atoms with van der Waals surface area (Å²) in [5.74, 6) is 0. The van der Waals surface area contributed by atoms with E-state index in [9.17, 15) is 0 Å². The molecule has 0 aliphatic heterocycles. The van der Waals surface area contributed by atoms with Crippen molar-refractivity contribution in [3.8, 4) is 0 Å². The number of nitrogens with zero attached hydrogens (tertiary/aromatic N) is 1. The minimum Gasteiger partial charge on any atom is -0.256 e. The van der Waals surface area contributed by atoms with Gasteiger partial charge in [0, 0.05) is 11.6 Å². The molecule has 1 heterocycles. The lowest BCUT2D eigenvalue weighted by molar-refractivity contribution is 1.35. The van der Waals surface area contributed by atoms with E-state index in [1.807, 2.05) is 31.3 Å². The molecule has 0 amide bonds. The summed E-state index contributed by atoms with van der Waals surface area (Å²) in [5.41, 5.74) is 3.25. The van der Waals surface area contributed by atoms with Crippen molar-refractivity contribution < 1.29 is 0 Å². The molecule has 0 aliphatic rings. The predicted molar refractivity (Wildman–Crippen MR) is 56.2 cm³/mol. The van der Waals surface area contributed by atoms with Crippen LogP contribution in [0.5, 0.6) is 0 Å². The molecular formula is C11H10ClN. The topological polar surface area (TPSA) is 12.9 Å². The van der Waals surface area contributed by atoms with Crippen molar-refractivity contribution in [2.45, 2.75) is 13.8 Å². The van der Waals surface area contributed by atoms with Gasteiger partial charge in [-0.3, -0.25) is 4.98 Å². The van der Waals surface area contributed by atoms with Gasteiger partial charge in [-0.15, -0.1) is 0 Å². The first kappa shape index (κ1) is 8.52. The Bertz CT molecular complexity index is 463. The van der Waals surface area contributed by atoms with E-state index in [-0.39, 0.29) is 0 Å². The fourth-order valence-electron chi connectivity index (χ4n) is 1.47. The number of fused-ring (bicyclic) bond motifs is 1. The summed E-state index contributed by atoms with van der Waals surface area (Å²) >= 11 is 6.19. The molecule has 2 heteroatoms. The second-order valence-electron chi connectivity index (χ2n) is 3.22. The highest BCUT2D eigenvalue weighted by Crippen LogP contribution is 2.27. The van der Waals surface area contributed by atoms with Gasteiger partial charge >= 0.3 is 0 Å². The zero-order valence-electron chi connectivity index (χ0n) is 7.63. The van der Waals surface area contributed by atoms with Crippen LogP contribution in [0, 0.1) is 13.8 Å². The molecular weight excluding hydrogens is 182 g/mol. The average Bonchev–Trinajstić information content (AvgIpc) is 2.12. The zero-order valence-corrected chi connectivity index (χ0v) is 8.39. The fourth-order valence-corrected chi connectivity index (χ4v) is 1.77. The van der Waals surface area contributed by atoms with Crippen molar-refractivity contribution in [1.29, 1.82) is 0 Å². The Morgan fingerprint density at radius 3 is 2.62 bits per heavy atom. The Morgan fingerprint density at radius 2 is 1.85 bits per heavy atom. The van der Waals surface area contributed by atoms with Crippen molar-refractivity contribution in [1.82, 2.24) is 4.98 Å². The van der Waals surface area contributed by atoms with Crippen LogP contribution in [0.1, 0.15) is 11.1 Å². The zero-order chi connectivity index (χ0) is 9.42. The third-order valence-corrected chi connectivity index (χ3v) is 2.73. The molecule has 66 valence electrons. The summed E-state index contributed by atoms with van der Waals surface area (Å²) in [6.45, 7) is 4.06. The molecule has 0 spiro atoms. The molecule has 0 unspecified atom stereocenters. The molecule has 2 aromatic rings. The van der Waals surface area contributed by atoms with Gasteiger partial charge in [-0.1, -0.05) is 17.7 Å². The van der Waals surface area contributed by atoms with E-state index in [2.05, 4.69) is 11.9 Å². The minimum absolute atomic E-state index is 0.822. The molecule has 0 aliphatic carbocycles. The van der Waals surface area contributed by atoms with Crippen LogP contribution in [-0.4, -0.2) is 4.98 Å². The number of hydrogen-bond acceptors (Lipinski definition) is 1. The van der Waals surface area contributed by atoms with E-state index in [1.165, 1.54) is 5.56 Å². The Morgan fingerprint density at radius 1 is 1.08 bits per heavy atom. The van der Waals surface area contributed by atoms with Gasteiger partial charge in [-0.05, 0) is 37.1 Å². The van der Waals surface area contributed by atoms with Crippen LogP contribution < -0.4 is 0 Å². The molecule has 1 aromatic carbocycles. The van der Waals surface area contributed by atoms with Crippen LogP contribution in [0.2, 0.25) is 5.02 Å². The number of halogens is 1. The van der Waals surface area contributed by atoms with Crippen molar-refractivity contribution >= 4 is 22.5 Å². The molecule has 0 fully saturated rings. The lowest BCUT2D eigenvalue weighted by atomic mass is 10.1. The highest BCUT2D eigenvalue weighted by molar-refractivity contribution is 6.36. The Balaban J connectivity index is 2.97. The average molecular weight is 192 g/mol. The second-order valence-corrected chi connectivity index (χ2v) is 3.60. The van der Waals surface area contributed by atoms with Gasteiger partial charge in [0.15, 0.2) is 0 Å². The maximum Gasteiger partial charge on any atom is 0.0719 e. The molecule has 13 heavy (non-hydrogen) atoms. The van der Waals surface area contributed by atoms with Gasteiger partial charge in [0.05, 0.1) is 10.5 Å². The molecule has 0 saturated heterocycles. The summed E-state index contributed by atoms with van der Waals surface area (Å²) in [7, 11) is 0. The Kier molecular flexibility index (Phi) is 1.97. The molecule has 0 atom stereocenters. The van der Waals surface area contributed by atoms with Gasteiger partial charge in [0.1, 0.15) is 0 Å². The van der Waals surface area contributed by atoms with Gasteiger partial charge in [0.2, 0.25) is 0 Å². The minimum atomic E-state index is 0.822. The van der Waals surface area contributed by atoms with Crippen molar-refractivity contribution in [2.75, 3.05) is 0 Å². The molecule has 1 aromatic heterocycles. The summed E-state index contributed by atoms with van der Waals surface area (Å²) < 4.78 is 0.